The molecular formula is C12H17N3O3. The van der Waals surface area contributed by atoms with Crippen molar-refractivity contribution in [3.8, 4) is 0 Å². The fraction of sp³-hybridized carbons (Fsp3) is 0.333. The zero-order valence-corrected chi connectivity index (χ0v) is 10.4. The number of carbonyl (C=O) groups excluding carboxylic acids is 2. The summed E-state index contributed by atoms with van der Waals surface area (Å²) in [5.74, 6) is -0.532. The number of carbonyl (C=O) groups is 2. The van der Waals surface area contributed by atoms with Gasteiger partial charge in [-0.3, -0.25) is 9.59 Å². The van der Waals surface area contributed by atoms with Gasteiger partial charge in [0.25, 0.3) is 0 Å². The zero-order valence-electron chi connectivity index (χ0n) is 10.4. The quantitative estimate of drug-likeness (QED) is 0.709. The third-order valence-electron chi connectivity index (χ3n) is 2.26. The monoisotopic (exact) mass is 251 g/mol. The smallest absolute Gasteiger partial charge is 0.250 e. The maximum Gasteiger partial charge on any atom is 0.250 e. The highest BCUT2D eigenvalue weighted by molar-refractivity contribution is 5.95. The van der Waals surface area contributed by atoms with Gasteiger partial charge in [-0.15, -0.1) is 0 Å². The van der Waals surface area contributed by atoms with Crippen LogP contribution < -0.4 is 16.4 Å². The Bertz CT molecular complexity index is 446. The van der Waals surface area contributed by atoms with Crippen LogP contribution in [-0.2, 0) is 14.3 Å². The first-order valence-electron chi connectivity index (χ1n) is 5.46. The SMILES string of the molecule is COCC(=O)Nc1ccc(C)c(NC(=O)CN)c1. The lowest BCUT2D eigenvalue weighted by Gasteiger charge is -2.10. The molecule has 1 aromatic rings. The summed E-state index contributed by atoms with van der Waals surface area (Å²) < 4.78 is 4.71. The molecule has 0 heterocycles. The lowest BCUT2D eigenvalue weighted by Crippen LogP contribution is -2.22. The predicted molar refractivity (Wildman–Crippen MR) is 69.4 cm³/mol. The zero-order chi connectivity index (χ0) is 13.5. The molecule has 0 aliphatic carbocycles. The number of nitrogens with two attached hydrogens (primary N) is 1. The van der Waals surface area contributed by atoms with Gasteiger partial charge in [-0.1, -0.05) is 6.07 Å². The minimum absolute atomic E-state index is 0.0155. The van der Waals surface area contributed by atoms with E-state index in [1.54, 1.807) is 18.2 Å². The third kappa shape index (κ3) is 4.15. The van der Waals surface area contributed by atoms with E-state index in [0.717, 1.165) is 5.56 Å². The van der Waals surface area contributed by atoms with E-state index >= 15 is 0 Å². The molecule has 18 heavy (non-hydrogen) atoms. The van der Waals surface area contributed by atoms with Gasteiger partial charge < -0.3 is 21.1 Å². The van der Waals surface area contributed by atoms with E-state index in [0.29, 0.717) is 11.4 Å². The summed E-state index contributed by atoms with van der Waals surface area (Å²) in [5.41, 5.74) is 7.34. The molecule has 0 spiro atoms. The standard InChI is InChI=1S/C12H17N3O3/c1-8-3-4-9(14-12(17)7-18-2)5-10(8)15-11(16)6-13/h3-5H,6-7,13H2,1-2H3,(H,14,17)(H,15,16). The van der Waals surface area contributed by atoms with E-state index in [9.17, 15) is 9.59 Å². The Hall–Kier alpha value is -1.92. The Labute approximate surface area is 105 Å². The third-order valence-corrected chi connectivity index (χ3v) is 2.26. The van der Waals surface area contributed by atoms with Crippen LogP contribution >= 0.6 is 0 Å². The van der Waals surface area contributed by atoms with Gasteiger partial charge in [-0.25, -0.2) is 0 Å². The number of benzene rings is 1. The Balaban J connectivity index is 2.80. The average Bonchev–Trinajstić information content (AvgIpc) is 2.33. The molecule has 0 atom stereocenters. The van der Waals surface area contributed by atoms with Crippen LogP contribution in [0.25, 0.3) is 0 Å². The van der Waals surface area contributed by atoms with E-state index in [4.69, 9.17) is 10.5 Å². The van der Waals surface area contributed by atoms with Crippen molar-refractivity contribution in [3.05, 3.63) is 23.8 Å². The van der Waals surface area contributed by atoms with Crippen molar-refractivity contribution >= 4 is 23.2 Å². The molecule has 2 amide bonds. The fourth-order valence-electron chi connectivity index (χ4n) is 1.36. The Kier molecular flexibility index (Phi) is 5.29. The molecule has 1 rings (SSSR count). The highest BCUT2D eigenvalue weighted by Crippen LogP contribution is 2.20. The Morgan fingerprint density at radius 3 is 2.61 bits per heavy atom. The molecule has 98 valence electrons. The van der Waals surface area contributed by atoms with E-state index in [1.165, 1.54) is 7.11 Å². The van der Waals surface area contributed by atoms with Gasteiger partial charge in [-0.05, 0) is 24.6 Å². The summed E-state index contributed by atoms with van der Waals surface area (Å²) in [6.45, 7) is 1.75. The van der Waals surface area contributed by atoms with Gasteiger partial charge in [0.05, 0.1) is 6.54 Å². The van der Waals surface area contributed by atoms with Gasteiger partial charge in [0, 0.05) is 18.5 Å². The van der Waals surface area contributed by atoms with Crippen LogP contribution in [-0.4, -0.2) is 32.1 Å². The van der Waals surface area contributed by atoms with Crippen molar-refractivity contribution < 1.29 is 14.3 Å². The number of nitrogens with one attached hydrogen (secondary N) is 2. The normalized spacial score (nSPS) is 9.94. The summed E-state index contributed by atoms with van der Waals surface area (Å²) in [4.78, 5) is 22.6. The Morgan fingerprint density at radius 2 is 2.00 bits per heavy atom. The topological polar surface area (TPSA) is 93.5 Å². The summed E-state index contributed by atoms with van der Waals surface area (Å²) in [5, 5.41) is 5.31. The molecule has 0 fully saturated rings. The number of ether oxygens (including phenoxy) is 1. The number of hydrogen-bond acceptors (Lipinski definition) is 4. The molecular weight excluding hydrogens is 234 g/mol. The second kappa shape index (κ2) is 6.73. The van der Waals surface area contributed by atoms with Gasteiger partial charge in [0.1, 0.15) is 6.61 Å². The molecule has 1 aromatic carbocycles. The number of hydrogen-bond donors (Lipinski definition) is 3. The molecule has 0 saturated heterocycles. The van der Waals surface area contributed by atoms with Gasteiger partial charge >= 0.3 is 0 Å². The van der Waals surface area contributed by atoms with Crippen LogP contribution in [0.4, 0.5) is 11.4 Å². The van der Waals surface area contributed by atoms with Crippen LogP contribution in [0.1, 0.15) is 5.56 Å². The van der Waals surface area contributed by atoms with E-state index in [-0.39, 0.29) is 25.0 Å². The van der Waals surface area contributed by atoms with Crippen LogP contribution in [0.15, 0.2) is 18.2 Å². The fourth-order valence-corrected chi connectivity index (χ4v) is 1.36. The van der Waals surface area contributed by atoms with Gasteiger partial charge in [0.15, 0.2) is 0 Å². The van der Waals surface area contributed by atoms with E-state index < -0.39 is 0 Å². The second-order valence-electron chi connectivity index (χ2n) is 3.76. The molecule has 0 bridgehead atoms. The van der Waals surface area contributed by atoms with E-state index in [2.05, 4.69) is 10.6 Å². The maximum absolute atomic E-state index is 11.3. The molecule has 0 radical (unpaired) electrons. The first-order valence-corrected chi connectivity index (χ1v) is 5.46. The highest BCUT2D eigenvalue weighted by Gasteiger charge is 2.06. The number of amides is 2. The molecule has 0 aliphatic rings. The van der Waals surface area contributed by atoms with Gasteiger partial charge in [0.2, 0.25) is 11.8 Å². The number of aryl methyl sites for hydroxylation is 1. The molecule has 0 aliphatic heterocycles. The van der Waals surface area contributed by atoms with Crippen LogP contribution in [0, 0.1) is 6.92 Å². The molecule has 0 saturated carbocycles. The molecule has 6 heteroatoms. The average molecular weight is 251 g/mol. The number of anilines is 2. The van der Waals surface area contributed by atoms with Crippen molar-refractivity contribution in [3.63, 3.8) is 0 Å². The van der Waals surface area contributed by atoms with E-state index in [1.807, 2.05) is 6.92 Å². The summed E-state index contributed by atoms with van der Waals surface area (Å²) in [6, 6.07) is 5.23. The van der Waals surface area contributed by atoms with Crippen molar-refractivity contribution in [1.29, 1.82) is 0 Å². The van der Waals surface area contributed by atoms with Crippen LogP contribution in [0.3, 0.4) is 0 Å². The summed E-state index contributed by atoms with van der Waals surface area (Å²) >= 11 is 0. The van der Waals surface area contributed by atoms with Crippen LogP contribution in [0.2, 0.25) is 0 Å². The summed E-state index contributed by atoms with van der Waals surface area (Å²) in [7, 11) is 1.45. The minimum atomic E-state index is -0.279. The maximum atomic E-state index is 11.3. The lowest BCUT2D eigenvalue weighted by molar-refractivity contribution is -0.119. The van der Waals surface area contributed by atoms with Crippen molar-refractivity contribution in [2.24, 2.45) is 5.73 Å². The second-order valence-corrected chi connectivity index (χ2v) is 3.76. The highest BCUT2D eigenvalue weighted by atomic mass is 16.5. The molecule has 6 nitrogen and oxygen atoms in total. The Morgan fingerprint density at radius 1 is 1.28 bits per heavy atom. The predicted octanol–water partition coefficient (Wildman–Crippen LogP) is 0.477. The minimum Gasteiger partial charge on any atom is -0.375 e. The van der Waals surface area contributed by atoms with Crippen LogP contribution in [0.5, 0.6) is 0 Å². The van der Waals surface area contributed by atoms with Crippen molar-refractivity contribution in [2.75, 3.05) is 30.9 Å². The summed E-state index contributed by atoms with van der Waals surface area (Å²) in [6.07, 6.45) is 0. The largest absolute Gasteiger partial charge is 0.375 e. The molecule has 0 unspecified atom stereocenters. The van der Waals surface area contributed by atoms with Crippen molar-refractivity contribution in [2.45, 2.75) is 6.92 Å². The first-order chi connectivity index (χ1) is 8.56. The number of methoxy groups -OCH3 is 1. The number of rotatable bonds is 5. The van der Waals surface area contributed by atoms with Crippen molar-refractivity contribution in [1.82, 2.24) is 0 Å². The molecule has 0 aromatic heterocycles. The lowest BCUT2D eigenvalue weighted by atomic mass is 10.1. The first kappa shape index (κ1) is 14.1. The molecule has 4 N–H and O–H groups in total. The van der Waals surface area contributed by atoms with Gasteiger partial charge in [-0.2, -0.15) is 0 Å².